The number of aliphatic hydroxyl groups excluding tert-OH is 1. The number of ether oxygens (including phenoxy) is 1. The number of aliphatic hydroxyl groups is 1. The average Bonchev–Trinajstić information content (AvgIpc) is 3.31. The van der Waals surface area contributed by atoms with Gasteiger partial charge in [-0.1, -0.05) is 60.2 Å². The maximum atomic E-state index is 13.7. The van der Waals surface area contributed by atoms with Gasteiger partial charge in [0, 0.05) is 28.9 Å². The summed E-state index contributed by atoms with van der Waals surface area (Å²) in [6.07, 6.45) is 1.54. The molecule has 3 atom stereocenters. The van der Waals surface area contributed by atoms with Gasteiger partial charge in [-0.3, -0.25) is 9.69 Å². The first-order valence-corrected chi connectivity index (χ1v) is 11.2. The molecule has 1 aliphatic heterocycles. The van der Waals surface area contributed by atoms with Crippen LogP contribution < -0.4 is 5.73 Å². The van der Waals surface area contributed by atoms with Gasteiger partial charge in [0.05, 0.1) is 12.2 Å². The van der Waals surface area contributed by atoms with E-state index < -0.39 is 5.72 Å². The minimum Gasteiger partial charge on any atom is -0.399 e. The third kappa shape index (κ3) is 3.48. The lowest BCUT2D eigenvalue weighted by Gasteiger charge is -2.41. The molecule has 1 aliphatic carbocycles. The van der Waals surface area contributed by atoms with Crippen molar-refractivity contribution in [2.45, 2.75) is 50.7 Å². The SMILES string of the molecule is Cc1ccc(C2(OC3CCC(O)C3)c3ccccc3C(=O)N2Cc2ccc(N)cc2)cc1. The predicted octanol–water partition coefficient (Wildman–Crippen LogP) is 4.36. The molecule has 1 amide bonds. The smallest absolute Gasteiger partial charge is 0.257 e. The van der Waals surface area contributed by atoms with Crippen LogP contribution in [-0.2, 0) is 17.0 Å². The largest absolute Gasteiger partial charge is 0.399 e. The highest BCUT2D eigenvalue weighted by Gasteiger charge is 2.53. The number of amides is 1. The van der Waals surface area contributed by atoms with Gasteiger partial charge in [-0.15, -0.1) is 0 Å². The van der Waals surface area contributed by atoms with Crippen molar-refractivity contribution in [3.05, 3.63) is 101 Å². The van der Waals surface area contributed by atoms with Crippen molar-refractivity contribution < 1.29 is 14.6 Å². The van der Waals surface area contributed by atoms with Gasteiger partial charge < -0.3 is 15.6 Å². The normalized spacial score (nSPS) is 24.7. The van der Waals surface area contributed by atoms with Gasteiger partial charge in [-0.25, -0.2) is 0 Å². The highest BCUT2D eigenvalue weighted by atomic mass is 16.5. The predicted molar refractivity (Wildman–Crippen MR) is 124 cm³/mol. The van der Waals surface area contributed by atoms with Crippen LogP contribution in [0.1, 0.15) is 51.9 Å². The lowest BCUT2D eigenvalue weighted by atomic mass is 9.92. The molecule has 3 unspecified atom stereocenters. The van der Waals surface area contributed by atoms with Crippen LogP contribution in [0.3, 0.4) is 0 Å². The van der Waals surface area contributed by atoms with Gasteiger partial charge in [-0.05, 0) is 49.9 Å². The first-order chi connectivity index (χ1) is 15.5. The molecule has 2 aliphatic rings. The Kier molecular flexibility index (Phi) is 5.24. The molecule has 0 saturated heterocycles. The Morgan fingerprint density at radius 2 is 1.75 bits per heavy atom. The second kappa shape index (κ2) is 8.08. The maximum absolute atomic E-state index is 13.7. The van der Waals surface area contributed by atoms with Crippen molar-refractivity contribution >= 4 is 11.6 Å². The highest BCUT2D eigenvalue weighted by Crippen LogP contribution is 2.48. The summed E-state index contributed by atoms with van der Waals surface area (Å²) in [7, 11) is 0. The molecule has 0 spiro atoms. The van der Waals surface area contributed by atoms with Crippen molar-refractivity contribution in [2.75, 3.05) is 5.73 Å². The number of carbonyl (C=O) groups is 1. The van der Waals surface area contributed by atoms with E-state index in [0.717, 1.165) is 28.7 Å². The molecule has 0 radical (unpaired) electrons. The molecular weight excluding hydrogens is 400 g/mol. The lowest BCUT2D eigenvalue weighted by Crippen LogP contribution is -2.48. The monoisotopic (exact) mass is 428 g/mol. The number of aryl methyl sites for hydroxylation is 1. The minimum atomic E-state index is -1.06. The van der Waals surface area contributed by atoms with Gasteiger partial charge in [0.2, 0.25) is 0 Å². The zero-order valence-corrected chi connectivity index (χ0v) is 18.2. The van der Waals surface area contributed by atoms with Crippen molar-refractivity contribution in [1.29, 1.82) is 0 Å². The Balaban J connectivity index is 1.67. The first kappa shape index (κ1) is 20.7. The van der Waals surface area contributed by atoms with Crippen molar-refractivity contribution in [1.82, 2.24) is 4.90 Å². The number of anilines is 1. The molecule has 1 heterocycles. The molecule has 32 heavy (non-hydrogen) atoms. The van der Waals surface area contributed by atoms with E-state index in [9.17, 15) is 9.90 Å². The molecule has 0 bridgehead atoms. The van der Waals surface area contributed by atoms with E-state index in [2.05, 4.69) is 12.1 Å². The number of nitrogens with two attached hydrogens (primary N) is 1. The molecule has 3 N–H and O–H groups in total. The standard InChI is InChI=1S/C27H28N2O3/c1-18-6-10-20(11-7-18)27(32-23-15-14-22(30)16-23)25-5-3-2-4-24(25)26(31)29(27)17-19-8-12-21(28)13-9-19/h2-13,22-23,30H,14-17,28H2,1H3. The average molecular weight is 429 g/mol. The molecule has 164 valence electrons. The molecule has 5 nitrogen and oxygen atoms in total. The van der Waals surface area contributed by atoms with Crippen molar-refractivity contribution in [2.24, 2.45) is 0 Å². The summed E-state index contributed by atoms with van der Waals surface area (Å²) >= 11 is 0. The summed E-state index contributed by atoms with van der Waals surface area (Å²) in [6, 6.07) is 23.5. The third-order valence-electron chi connectivity index (χ3n) is 6.61. The Morgan fingerprint density at radius 3 is 2.44 bits per heavy atom. The van der Waals surface area contributed by atoms with E-state index >= 15 is 0 Å². The van der Waals surface area contributed by atoms with Crippen LogP contribution in [0.15, 0.2) is 72.8 Å². The molecule has 0 aromatic heterocycles. The fourth-order valence-electron chi connectivity index (χ4n) is 4.94. The Hall–Kier alpha value is -3.15. The second-order valence-corrected chi connectivity index (χ2v) is 8.90. The number of carbonyl (C=O) groups excluding carboxylic acids is 1. The molecule has 3 aromatic rings. The maximum Gasteiger partial charge on any atom is 0.257 e. The second-order valence-electron chi connectivity index (χ2n) is 8.90. The van der Waals surface area contributed by atoms with Gasteiger partial charge in [-0.2, -0.15) is 0 Å². The van der Waals surface area contributed by atoms with Crippen LogP contribution in [0.2, 0.25) is 0 Å². The van der Waals surface area contributed by atoms with E-state index in [1.54, 1.807) is 0 Å². The number of hydrogen-bond acceptors (Lipinski definition) is 4. The molecule has 5 heteroatoms. The topological polar surface area (TPSA) is 75.8 Å². The van der Waals surface area contributed by atoms with Crippen LogP contribution in [0.5, 0.6) is 0 Å². The quantitative estimate of drug-likeness (QED) is 0.592. The fraction of sp³-hybridized carbons (Fsp3) is 0.296. The Bertz CT molecular complexity index is 1130. The van der Waals surface area contributed by atoms with Crippen LogP contribution in [0, 0.1) is 6.92 Å². The number of benzene rings is 3. The van der Waals surface area contributed by atoms with E-state index in [1.165, 1.54) is 0 Å². The Morgan fingerprint density at radius 1 is 1.03 bits per heavy atom. The summed E-state index contributed by atoms with van der Waals surface area (Å²) in [4.78, 5) is 15.6. The first-order valence-electron chi connectivity index (χ1n) is 11.2. The van der Waals surface area contributed by atoms with E-state index in [1.807, 2.05) is 72.5 Å². The molecular formula is C27H28N2O3. The lowest BCUT2D eigenvalue weighted by molar-refractivity contribution is -0.147. The zero-order valence-electron chi connectivity index (χ0n) is 18.2. The zero-order chi connectivity index (χ0) is 22.3. The Labute approximate surface area is 188 Å². The summed E-state index contributed by atoms with van der Waals surface area (Å²) in [6.45, 7) is 2.43. The third-order valence-corrected chi connectivity index (χ3v) is 6.61. The van der Waals surface area contributed by atoms with Gasteiger partial charge >= 0.3 is 0 Å². The summed E-state index contributed by atoms with van der Waals surface area (Å²) in [5.74, 6) is -0.0588. The van der Waals surface area contributed by atoms with Crippen LogP contribution >= 0.6 is 0 Å². The van der Waals surface area contributed by atoms with Gasteiger partial charge in [0.15, 0.2) is 5.72 Å². The minimum absolute atomic E-state index is 0.0588. The number of rotatable bonds is 5. The van der Waals surface area contributed by atoms with Crippen LogP contribution in [0.25, 0.3) is 0 Å². The molecule has 1 saturated carbocycles. The summed E-state index contributed by atoms with van der Waals surface area (Å²) in [5.41, 5.74) is 10.1. The number of nitrogens with zero attached hydrogens (tertiary/aromatic N) is 1. The summed E-state index contributed by atoms with van der Waals surface area (Å²) in [5, 5.41) is 10.2. The van der Waals surface area contributed by atoms with E-state index in [0.29, 0.717) is 30.6 Å². The van der Waals surface area contributed by atoms with Crippen molar-refractivity contribution in [3.63, 3.8) is 0 Å². The van der Waals surface area contributed by atoms with Gasteiger partial charge in [0.25, 0.3) is 5.91 Å². The molecule has 3 aromatic carbocycles. The van der Waals surface area contributed by atoms with Gasteiger partial charge in [0.1, 0.15) is 0 Å². The van der Waals surface area contributed by atoms with Crippen LogP contribution in [-0.4, -0.2) is 28.1 Å². The number of hydrogen-bond donors (Lipinski definition) is 2. The van der Waals surface area contributed by atoms with E-state index in [4.69, 9.17) is 10.5 Å². The highest BCUT2D eigenvalue weighted by molar-refractivity contribution is 6.00. The molecule has 1 fully saturated rings. The van der Waals surface area contributed by atoms with Crippen LogP contribution in [0.4, 0.5) is 5.69 Å². The van der Waals surface area contributed by atoms with E-state index in [-0.39, 0.29) is 18.1 Å². The summed E-state index contributed by atoms with van der Waals surface area (Å²) < 4.78 is 6.88. The number of fused-ring (bicyclic) bond motifs is 1. The number of nitrogen functional groups attached to an aromatic ring is 1. The fourth-order valence-corrected chi connectivity index (χ4v) is 4.94. The van der Waals surface area contributed by atoms with Crippen molar-refractivity contribution in [3.8, 4) is 0 Å². The molecule has 5 rings (SSSR count).